The molecule has 0 aliphatic carbocycles. The van der Waals surface area contributed by atoms with E-state index in [1.54, 1.807) is 54.6 Å². The van der Waals surface area contributed by atoms with Gasteiger partial charge in [0.05, 0.1) is 12.5 Å². The molecule has 1 atom stereocenters. The average Bonchev–Trinajstić information content (AvgIpc) is 3.01. The molecule has 44 heavy (non-hydrogen) atoms. The van der Waals surface area contributed by atoms with Crippen LogP contribution in [0.4, 0.5) is 4.39 Å². The van der Waals surface area contributed by atoms with Crippen LogP contribution >= 0.6 is 11.6 Å². The maximum absolute atomic E-state index is 13.3. The molecule has 4 aromatic rings. The molecule has 1 heterocycles. The lowest BCUT2D eigenvalue weighted by Gasteiger charge is -2.27. The van der Waals surface area contributed by atoms with E-state index in [4.69, 9.17) is 41.0 Å². The minimum absolute atomic E-state index is 0.0653. The maximum atomic E-state index is 13.3. The largest absolute Gasteiger partial charge is 0.490 e. The zero-order chi connectivity index (χ0) is 31.2. The molecule has 0 bridgehead atoms. The van der Waals surface area contributed by atoms with Crippen LogP contribution in [0.25, 0.3) is 0 Å². The summed E-state index contributed by atoms with van der Waals surface area (Å²) in [6.07, 6.45) is 0. The Morgan fingerprint density at radius 3 is 2.48 bits per heavy atom. The molecule has 1 aliphatic heterocycles. The summed E-state index contributed by atoms with van der Waals surface area (Å²) in [7, 11) is 0. The molecule has 1 aliphatic rings. The van der Waals surface area contributed by atoms with E-state index in [0.29, 0.717) is 45.8 Å². The summed E-state index contributed by atoms with van der Waals surface area (Å²) in [5.41, 5.74) is 9.37. The normalized spacial score (nSPS) is 13.8. The molecule has 224 valence electrons. The first-order valence-corrected chi connectivity index (χ1v) is 14.1. The van der Waals surface area contributed by atoms with Crippen molar-refractivity contribution in [2.45, 2.75) is 26.4 Å². The van der Waals surface area contributed by atoms with Crippen LogP contribution in [-0.2, 0) is 11.4 Å². The molecular formula is C34H28ClFN2O6. The van der Waals surface area contributed by atoms with Crippen LogP contribution < -0.4 is 29.4 Å². The first kappa shape index (κ1) is 30.3. The minimum Gasteiger partial charge on any atom is -0.490 e. The number of hydrogen-bond donors (Lipinski definition) is 1. The van der Waals surface area contributed by atoms with Crippen LogP contribution in [0, 0.1) is 24.1 Å². The lowest BCUT2D eigenvalue weighted by molar-refractivity contribution is -0.136. The van der Waals surface area contributed by atoms with Gasteiger partial charge in [-0.1, -0.05) is 35.9 Å². The molecule has 0 spiro atoms. The molecule has 8 nitrogen and oxygen atoms in total. The summed E-state index contributed by atoms with van der Waals surface area (Å²) in [6, 6.07) is 23.5. The number of benzene rings is 4. The van der Waals surface area contributed by atoms with Gasteiger partial charge in [0.2, 0.25) is 5.88 Å². The first-order chi connectivity index (χ1) is 21.2. The van der Waals surface area contributed by atoms with Crippen LogP contribution in [0.1, 0.15) is 35.1 Å². The summed E-state index contributed by atoms with van der Waals surface area (Å²) in [6.45, 7) is 3.95. The van der Waals surface area contributed by atoms with E-state index in [0.717, 1.165) is 11.1 Å². The SMILES string of the molecule is CCOc1cc(C2C(C#N)=C(N)Oc3cc(OC(=O)COc4ccc(Cl)c(C)c4)ccc32)ccc1OCc1ccc(F)cc1. The number of nitriles is 1. The lowest BCUT2D eigenvalue weighted by Crippen LogP contribution is -2.22. The smallest absolute Gasteiger partial charge is 0.349 e. The Bertz CT molecular complexity index is 1770. The van der Waals surface area contributed by atoms with E-state index >= 15 is 0 Å². The monoisotopic (exact) mass is 614 g/mol. The molecule has 5 rings (SSSR count). The molecule has 10 heteroatoms. The Morgan fingerprint density at radius 1 is 0.977 bits per heavy atom. The summed E-state index contributed by atoms with van der Waals surface area (Å²) in [4.78, 5) is 12.5. The Labute approximate surface area is 258 Å². The number of hydrogen-bond acceptors (Lipinski definition) is 8. The molecule has 1 unspecified atom stereocenters. The second kappa shape index (κ2) is 13.4. The first-order valence-electron chi connectivity index (χ1n) is 13.7. The van der Waals surface area contributed by atoms with Crippen LogP contribution in [0.3, 0.4) is 0 Å². The molecule has 0 saturated heterocycles. The van der Waals surface area contributed by atoms with Crippen molar-refractivity contribution in [2.24, 2.45) is 5.73 Å². The second-order valence-corrected chi connectivity index (χ2v) is 10.3. The fraction of sp³-hybridized carbons (Fsp3) is 0.176. The zero-order valence-electron chi connectivity index (χ0n) is 23.9. The van der Waals surface area contributed by atoms with Crippen molar-refractivity contribution < 1.29 is 32.9 Å². The number of allylic oxidation sites excluding steroid dienone is 1. The van der Waals surface area contributed by atoms with Gasteiger partial charge in [-0.05, 0) is 79.1 Å². The highest BCUT2D eigenvalue weighted by molar-refractivity contribution is 6.31. The number of nitrogens with zero attached hydrogens (tertiary/aromatic N) is 1. The van der Waals surface area contributed by atoms with Gasteiger partial charge in [-0.15, -0.1) is 0 Å². The Morgan fingerprint density at radius 2 is 1.75 bits per heavy atom. The van der Waals surface area contributed by atoms with Crippen molar-refractivity contribution in [2.75, 3.05) is 13.2 Å². The predicted octanol–water partition coefficient (Wildman–Crippen LogP) is 6.97. The topological polar surface area (TPSA) is 113 Å². The van der Waals surface area contributed by atoms with Crippen molar-refractivity contribution in [1.29, 1.82) is 5.26 Å². The molecular weight excluding hydrogens is 587 g/mol. The number of rotatable bonds is 10. The molecule has 4 aromatic carbocycles. The fourth-order valence-electron chi connectivity index (χ4n) is 4.69. The van der Waals surface area contributed by atoms with Gasteiger partial charge >= 0.3 is 5.97 Å². The quantitative estimate of drug-likeness (QED) is 0.151. The van der Waals surface area contributed by atoms with E-state index < -0.39 is 11.9 Å². The van der Waals surface area contributed by atoms with Crippen LogP contribution in [-0.4, -0.2) is 19.2 Å². The zero-order valence-corrected chi connectivity index (χ0v) is 24.7. The number of fused-ring (bicyclic) bond motifs is 1. The number of carbonyl (C=O) groups is 1. The van der Waals surface area contributed by atoms with Crippen LogP contribution in [0.15, 0.2) is 90.3 Å². The number of esters is 1. The third-order valence-corrected chi connectivity index (χ3v) is 7.24. The number of aryl methyl sites for hydroxylation is 1. The van der Waals surface area contributed by atoms with Crippen molar-refractivity contribution in [3.63, 3.8) is 0 Å². The second-order valence-electron chi connectivity index (χ2n) is 9.85. The van der Waals surface area contributed by atoms with Gasteiger partial charge in [-0.25, -0.2) is 9.18 Å². The maximum Gasteiger partial charge on any atom is 0.349 e. The van der Waals surface area contributed by atoms with E-state index in [2.05, 4.69) is 6.07 Å². The highest BCUT2D eigenvalue weighted by Crippen LogP contribution is 2.45. The molecule has 0 radical (unpaired) electrons. The molecule has 0 amide bonds. The molecule has 2 N–H and O–H groups in total. The van der Waals surface area contributed by atoms with Crippen molar-refractivity contribution in [3.8, 4) is 34.8 Å². The fourth-order valence-corrected chi connectivity index (χ4v) is 4.80. The average molecular weight is 615 g/mol. The predicted molar refractivity (Wildman–Crippen MR) is 161 cm³/mol. The molecule has 0 fully saturated rings. The van der Waals surface area contributed by atoms with Gasteiger partial charge in [0.25, 0.3) is 0 Å². The number of halogens is 2. The van der Waals surface area contributed by atoms with Gasteiger partial charge in [-0.3, -0.25) is 0 Å². The van der Waals surface area contributed by atoms with Crippen molar-refractivity contribution >= 4 is 17.6 Å². The lowest BCUT2D eigenvalue weighted by atomic mass is 9.83. The molecule has 0 aromatic heterocycles. The van der Waals surface area contributed by atoms with Gasteiger partial charge in [0.15, 0.2) is 18.1 Å². The number of carbonyl (C=O) groups excluding carboxylic acids is 1. The highest BCUT2D eigenvalue weighted by Gasteiger charge is 2.32. The Kier molecular flexibility index (Phi) is 9.22. The van der Waals surface area contributed by atoms with E-state index in [-0.39, 0.29) is 36.2 Å². The van der Waals surface area contributed by atoms with Crippen LogP contribution in [0.5, 0.6) is 28.7 Å². The van der Waals surface area contributed by atoms with E-state index in [1.165, 1.54) is 18.2 Å². The van der Waals surface area contributed by atoms with E-state index in [1.807, 2.05) is 19.9 Å². The van der Waals surface area contributed by atoms with Gasteiger partial charge in [0.1, 0.15) is 41.3 Å². The Balaban J connectivity index is 1.36. The number of nitrogens with two attached hydrogens (primary N) is 1. The van der Waals surface area contributed by atoms with E-state index in [9.17, 15) is 14.4 Å². The number of ether oxygens (including phenoxy) is 5. The summed E-state index contributed by atoms with van der Waals surface area (Å²) >= 11 is 6.04. The van der Waals surface area contributed by atoms with Crippen molar-refractivity contribution in [3.05, 3.63) is 123 Å². The summed E-state index contributed by atoms with van der Waals surface area (Å²) in [5.74, 6) is 0.397. The van der Waals surface area contributed by atoms with Gasteiger partial charge in [-0.2, -0.15) is 5.26 Å². The molecule has 0 saturated carbocycles. The van der Waals surface area contributed by atoms with Gasteiger partial charge < -0.3 is 29.4 Å². The Hall–Kier alpha value is -5.20. The third-order valence-electron chi connectivity index (χ3n) is 6.82. The van der Waals surface area contributed by atoms with Gasteiger partial charge in [0, 0.05) is 16.7 Å². The summed E-state index contributed by atoms with van der Waals surface area (Å²) in [5, 5.41) is 10.6. The standard InChI is InChI=1S/C34H28ClFN2O6/c1-3-40-31-15-22(6-13-29(31)42-18-21-4-7-23(36)8-5-21)33-26-11-9-25(16-30(26)44-34(38)27(33)17-37)43-32(39)19-41-24-10-12-28(35)20(2)14-24/h4-16,33H,3,18-19,38H2,1-2H3. The third kappa shape index (κ3) is 6.88. The van der Waals surface area contributed by atoms with Crippen LogP contribution in [0.2, 0.25) is 5.02 Å². The minimum atomic E-state index is -0.622. The summed E-state index contributed by atoms with van der Waals surface area (Å²) < 4.78 is 41.9. The highest BCUT2D eigenvalue weighted by atomic mass is 35.5. The van der Waals surface area contributed by atoms with Crippen molar-refractivity contribution in [1.82, 2.24) is 0 Å².